The van der Waals surface area contributed by atoms with Crippen LogP contribution >= 0.6 is 0 Å². The van der Waals surface area contributed by atoms with Crippen LogP contribution in [0.5, 0.6) is 0 Å². The molecule has 19 heavy (non-hydrogen) atoms. The first kappa shape index (κ1) is 13.9. The fourth-order valence-electron chi connectivity index (χ4n) is 2.30. The van der Waals surface area contributed by atoms with Crippen molar-refractivity contribution < 1.29 is 0 Å². The van der Waals surface area contributed by atoms with Gasteiger partial charge in [-0.3, -0.25) is 4.68 Å². The first-order valence-corrected chi connectivity index (χ1v) is 6.78. The molecule has 2 aromatic rings. The molecule has 0 aromatic carbocycles. The minimum atomic E-state index is 0.190. The zero-order chi connectivity index (χ0) is 14.0. The summed E-state index contributed by atoms with van der Waals surface area (Å²) >= 11 is 0. The van der Waals surface area contributed by atoms with E-state index in [1.807, 2.05) is 13.2 Å². The van der Waals surface area contributed by atoms with Crippen LogP contribution in [0.15, 0.2) is 12.5 Å². The van der Waals surface area contributed by atoms with Gasteiger partial charge in [-0.25, -0.2) is 9.97 Å². The molecular formula is C14H23N5. The topological polar surface area (TPSA) is 55.6 Å². The number of nitrogens with zero attached hydrogens (tertiary/aromatic N) is 4. The van der Waals surface area contributed by atoms with Crippen molar-refractivity contribution in [1.29, 1.82) is 0 Å². The van der Waals surface area contributed by atoms with Gasteiger partial charge in [0, 0.05) is 19.5 Å². The normalized spacial score (nSPS) is 13.9. The van der Waals surface area contributed by atoms with Gasteiger partial charge in [-0.2, -0.15) is 5.10 Å². The zero-order valence-electron chi connectivity index (χ0n) is 12.4. The lowest BCUT2D eigenvalue weighted by Crippen LogP contribution is -2.42. The number of aryl methyl sites for hydroxylation is 1. The molecule has 0 saturated heterocycles. The minimum Gasteiger partial charge on any atom is -0.313 e. The van der Waals surface area contributed by atoms with Gasteiger partial charge >= 0.3 is 0 Å². The summed E-state index contributed by atoms with van der Waals surface area (Å²) in [6.45, 7) is 9.85. The molecule has 104 valence electrons. The smallest absolute Gasteiger partial charge is 0.161 e. The molecule has 5 nitrogen and oxygen atoms in total. The van der Waals surface area contributed by atoms with E-state index in [1.165, 1.54) is 0 Å². The first-order valence-electron chi connectivity index (χ1n) is 6.78. The molecule has 0 aliphatic carbocycles. The number of rotatable bonds is 4. The molecule has 0 spiro atoms. The van der Waals surface area contributed by atoms with Crippen LogP contribution in [0.2, 0.25) is 0 Å². The average Bonchev–Trinajstić information content (AvgIpc) is 2.71. The van der Waals surface area contributed by atoms with E-state index in [4.69, 9.17) is 0 Å². The minimum absolute atomic E-state index is 0.190. The van der Waals surface area contributed by atoms with E-state index in [2.05, 4.69) is 48.1 Å². The monoisotopic (exact) mass is 261 g/mol. The predicted molar refractivity (Wildman–Crippen MR) is 76.9 cm³/mol. The van der Waals surface area contributed by atoms with Crippen molar-refractivity contribution in [2.45, 2.75) is 40.2 Å². The second kappa shape index (κ2) is 5.25. The molecule has 1 N–H and O–H groups in total. The summed E-state index contributed by atoms with van der Waals surface area (Å²) in [6, 6.07) is 0.385. The lowest BCUT2D eigenvalue weighted by atomic mass is 9.83. The maximum Gasteiger partial charge on any atom is 0.161 e. The number of hydrogen-bond acceptors (Lipinski definition) is 4. The lowest BCUT2D eigenvalue weighted by molar-refractivity contribution is 0.269. The Balaban J connectivity index is 2.34. The van der Waals surface area contributed by atoms with Crippen LogP contribution in [-0.2, 0) is 13.5 Å². The van der Waals surface area contributed by atoms with Crippen molar-refractivity contribution in [1.82, 2.24) is 25.1 Å². The molecule has 2 heterocycles. The van der Waals surface area contributed by atoms with E-state index < -0.39 is 0 Å². The van der Waals surface area contributed by atoms with Gasteiger partial charge in [-0.15, -0.1) is 0 Å². The molecule has 0 fully saturated rings. The summed E-state index contributed by atoms with van der Waals surface area (Å²) in [4.78, 5) is 8.74. The Labute approximate surface area is 114 Å². The highest BCUT2D eigenvalue weighted by atomic mass is 15.3. The van der Waals surface area contributed by atoms with Gasteiger partial charge in [0.1, 0.15) is 6.33 Å². The quantitative estimate of drug-likeness (QED) is 0.913. The Morgan fingerprint density at radius 2 is 2.05 bits per heavy atom. The Kier molecular flexibility index (Phi) is 3.85. The molecule has 0 aliphatic heterocycles. The predicted octanol–water partition coefficient (Wildman–Crippen LogP) is 1.93. The molecule has 0 saturated carbocycles. The largest absolute Gasteiger partial charge is 0.313 e. The highest BCUT2D eigenvalue weighted by Crippen LogP contribution is 2.24. The lowest BCUT2D eigenvalue weighted by Gasteiger charge is -2.31. The van der Waals surface area contributed by atoms with Gasteiger partial charge in [0.15, 0.2) is 5.65 Å². The maximum absolute atomic E-state index is 4.45. The Morgan fingerprint density at radius 1 is 1.32 bits per heavy atom. The Hall–Kier alpha value is -1.49. The maximum atomic E-state index is 4.45. The second-order valence-electron chi connectivity index (χ2n) is 6.01. The Bertz CT molecular complexity index is 552. The third-order valence-electron chi connectivity index (χ3n) is 3.51. The molecule has 2 aromatic heterocycles. The summed E-state index contributed by atoms with van der Waals surface area (Å²) in [5, 5.41) is 8.87. The molecule has 0 radical (unpaired) electrons. The highest BCUT2D eigenvalue weighted by Gasteiger charge is 2.25. The number of hydrogen-bond donors (Lipinski definition) is 1. The number of likely N-dealkylation sites (N-methyl/N-ethyl adjacent to an activating group) is 1. The third-order valence-corrected chi connectivity index (χ3v) is 3.51. The van der Waals surface area contributed by atoms with Gasteiger partial charge in [-0.1, -0.05) is 27.7 Å². The van der Waals surface area contributed by atoms with Crippen LogP contribution in [-0.4, -0.2) is 32.3 Å². The highest BCUT2D eigenvalue weighted by molar-refractivity contribution is 5.76. The van der Waals surface area contributed by atoms with Crippen molar-refractivity contribution >= 4 is 11.0 Å². The Morgan fingerprint density at radius 3 is 2.68 bits per heavy atom. The zero-order valence-corrected chi connectivity index (χ0v) is 12.4. The first-order chi connectivity index (χ1) is 8.93. The molecular weight excluding hydrogens is 238 g/mol. The molecule has 5 heteroatoms. The molecule has 0 bridgehead atoms. The van der Waals surface area contributed by atoms with Gasteiger partial charge in [-0.05, 0) is 12.0 Å². The van der Waals surface area contributed by atoms with Gasteiger partial charge < -0.3 is 5.32 Å². The van der Waals surface area contributed by atoms with E-state index in [-0.39, 0.29) is 5.41 Å². The van der Waals surface area contributed by atoms with Crippen LogP contribution < -0.4 is 5.32 Å². The van der Waals surface area contributed by atoms with Gasteiger partial charge in [0.25, 0.3) is 0 Å². The van der Waals surface area contributed by atoms with Crippen molar-refractivity contribution in [3.63, 3.8) is 0 Å². The van der Waals surface area contributed by atoms with Crippen LogP contribution in [0.25, 0.3) is 11.0 Å². The van der Waals surface area contributed by atoms with Crippen LogP contribution in [0.3, 0.4) is 0 Å². The van der Waals surface area contributed by atoms with Gasteiger partial charge in [0.05, 0.1) is 17.3 Å². The fraction of sp³-hybridized carbons (Fsp3) is 0.643. The fourth-order valence-corrected chi connectivity index (χ4v) is 2.30. The SMILES string of the molecule is CCNC(Cc1ncnc2c1cnn2C)C(C)(C)C. The van der Waals surface area contributed by atoms with Crippen LogP contribution in [0.1, 0.15) is 33.4 Å². The van der Waals surface area contributed by atoms with E-state index in [0.29, 0.717) is 6.04 Å². The van der Waals surface area contributed by atoms with E-state index in [9.17, 15) is 0 Å². The number of aromatic nitrogens is 4. The number of nitrogens with one attached hydrogen (secondary N) is 1. The number of fused-ring (bicyclic) bond motifs is 1. The second-order valence-corrected chi connectivity index (χ2v) is 6.01. The third kappa shape index (κ3) is 2.92. The summed E-state index contributed by atoms with van der Waals surface area (Å²) in [7, 11) is 1.91. The average molecular weight is 261 g/mol. The molecule has 0 amide bonds. The molecule has 1 unspecified atom stereocenters. The van der Waals surface area contributed by atoms with Crippen molar-refractivity contribution in [2.75, 3.05) is 6.54 Å². The van der Waals surface area contributed by atoms with Crippen molar-refractivity contribution in [3.05, 3.63) is 18.2 Å². The van der Waals surface area contributed by atoms with Crippen molar-refractivity contribution in [2.24, 2.45) is 12.5 Å². The summed E-state index contributed by atoms with van der Waals surface area (Å²) < 4.78 is 1.79. The van der Waals surface area contributed by atoms with Crippen molar-refractivity contribution in [3.8, 4) is 0 Å². The van der Waals surface area contributed by atoms with E-state index >= 15 is 0 Å². The van der Waals surface area contributed by atoms with E-state index in [1.54, 1.807) is 11.0 Å². The summed E-state index contributed by atoms with van der Waals surface area (Å²) in [5.41, 5.74) is 2.16. The molecule has 1 atom stereocenters. The summed E-state index contributed by atoms with van der Waals surface area (Å²) in [6.07, 6.45) is 4.38. The summed E-state index contributed by atoms with van der Waals surface area (Å²) in [5.74, 6) is 0. The van der Waals surface area contributed by atoms with Crippen LogP contribution in [0.4, 0.5) is 0 Å². The standard InChI is InChI=1S/C14H23N5/c1-6-15-12(14(2,3)4)7-11-10-8-18-19(5)13(10)17-9-16-11/h8-9,12,15H,6-7H2,1-5H3. The van der Waals surface area contributed by atoms with Crippen LogP contribution in [0, 0.1) is 5.41 Å². The molecule has 2 rings (SSSR count). The van der Waals surface area contributed by atoms with Gasteiger partial charge in [0.2, 0.25) is 0 Å². The van der Waals surface area contributed by atoms with E-state index in [0.717, 1.165) is 29.7 Å². The molecule has 0 aliphatic rings.